The van der Waals surface area contributed by atoms with E-state index in [-0.39, 0.29) is 11.8 Å². The van der Waals surface area contributed by atoms with Gasteiger partial charge >= 0.3 is 0 Å². The number of methoxy groups -OCH3 is 1. The number of anilines is 1. The summed E-state index contributed by atoms with van der Waals surface area (Å²) in [6, 6.07) is 2.88. The highest BCUT2D eigenvalue weighted by atomic mass is 28.3. The molecule has 2 aliphatic carbocycles. The third kappa shape index (κ3) is 8.67. The molecule has 5 rings (SSSR count). The number of hydrogen-bond acceptors (Lipinski definition) is 7. The van der Waals surface area contributed by atoms with Crippen LogP contribution in [0.25, 0.3) is 11.1 Å². The smallest absolute Gasteiger partial charge is 0.267 e. The predicted molar refractivity (Wildman–Crippen MR) is 200 cm³/mol. The Balaban J connectivity index is 1.47. The van der Waals surface area contributed by atoms with Crippen molar-refractivity contribution in [2.24, 2.45) is 23.5 Å². The van der Waals surface area contributed by atoms with E-state index in [2.05, 4.69) is 30.1 Å². The lowest BCUT2D eigenvalue weighted by atomic mass is 9.63. The largest absolute Gasteiger partial charge is 0.496 e. The Morgan fingerprint density at radius 3 is 2.20 bits per heavy atom. The van der Waals surface area contributed by atoms with Crippen molar-refractivity contribution in [3.63, 3.8) is 0 Å². The SMILES string of the molecule is CCn1ncc(C(C(=O)Nc2cc(OC)c(-c3c(C)nn(COCC[Si](C)(C)C)c3C)cn2)C(C2CCCCC2)C2CCCCC2)c1C(N)=O. The molecule has 1 unspecified atom stereocenters. The predicted octanol–water partition coefficient (Wildman–Crippen LogP) is 7.70. The molecule has 3 aromatic heterocycles. The molecule has 3 heterocycles. The van der Waals surface area contributed by atoms with Crippen molar-refractivity contribution in [1.29, 1.82) is 0 Å². The van der Waals surface area contributed by atoms with Crippen LogP contribution in [0.2, 0.25) is 25.7 Å². The molecule has 12 heteroatoms. The van der Waals surface area contributed by atoms with Crippen LogP contribution in [0.1, 0.15) is 104 Å². The first-order chi connectivity index (χ1) is 23.9. The van der Waals surface area contributed by atoms with Crippen molar-refractivity contribution in [3.8, 4) is 16.9 Å². The Labute approximate surface area is 299 Å². The van der Waals surface area contributed by atoms with Crippen LogP contribution in [0.15, 0.2) is 18.5 Å². The number of hydrogen-bond donors (Lipinski definition) is 2. The van der Waals surface area contributed by atoms with E-state index >= 15 is 0 Å². The number of pyridine rings is 1. The highest BCUT2D eigenvalue weighted by molar-refractivity contribution is 6.76. The lowest BCUT2D eigenvalue weighted by Gasteiger charge is -2.41. The zero-order chi connectivity index (χ0) is 36.0. The number of ether oxygens (including phenoxy) is 2. The zero-order valence-corrected chi connectivity index (χ0v) is 32.4. The van der Waals surface area contributed by atoms with Gasteiger partial charge in [0.05, 0.1) is 24.9 Å². The molecule has 2 aliphatic rings. The molecule has 2 saturated carbocycles. The van der Waals surface area contributed by atoms with E-state index in [1.165, 1.54) is 38.5 Å². The van der Waals surface area contributed by atoms with Crippen molar-refractivity contribution < 1.29 is 19.1 Å². The van der Waals surface area contributed by atoms with Crippen LogP contribution in [0, 0.1) is 31.6 Å². The van der Waals surface area contributed by atoms with E-state index < -0.39 is 19.9 Å². The number of aryl methyl sites for hydroxylation is 2. The average Bonchev–Trinajstić information content (AvgIpc) is 3.65. The number of nitrogens with one attached hydrogen (secondary N) is 1. The zero-order valence-electron chi connectivity index (χ0n) is 31.4. The number of amides is 2. The minimum Gasteiger partial charge on any atom is -0.496 e. The van der Waals surface area contributed by atoms with Crippen LogP contribution in [-0.2, 0) is 22.8 Å². The molecular weight excluding hydrogens is 647 g/mol. The van der Waals surface area contributed by atoms with E-state index in [1.54, 1.807) is 30.3 Å². The number of nitrogens with zero attached hydrogens (tertiary/aromatic N) is 5. The number of rotatable bonds is 15. The van der Waals surface area contributed by atoms with Gasteiger partial charge in [-0.15, -0.1) is 0 Å². The molecule has 11 nitrogen and oxygen atoms in total. The number of primary amides is 1. The average molecular weight is 706 g/mol. The second-order valence-electron chi connectivity index (χ2n) is 15.6. The van der Waals surface area contributed by atoms with Gasteiger partial charge in [0, 0.05) is 55.9 Å². The van der Waals surface area contributed by atoms with E-state index in [0.29, 0.717) is 54.5 Å². The maximum absolute atomic E-state index is 14.8. The standard InChI is InChI=1S/C38H59N7O4Si/c1-8-44-36(37(39)46)30(23-41-44)35(34(27-15-11-9-12-16-27)28-17-13-10-14-18-28)38(47)42-32-21-31(48-4)29(22-40-32)33-25(2)43-45(26(33)3)24-49-19-20-50(5,6)7/h21-23,27-28,34-35H,8-20,24H2,1-7H3,(H2,39,46)(H,40,42,47). The van der Waals surface area contributed by atoms with Crippen molar-refractivity contribution in [2.75, 3.05) is 19.0 Å². The lowest BCUT2D eigenvalue weighted by Crippen LogP contribution is -2.39. The Bertz CT molecular complexity index is 1600. The first kappa shape index (κ1) is 37.7. The monoisotopic (exact) mass is 705 g/mol. The molecule has 0 aliphatic heterocycles. The fourth-order valence-electron chi connectivity index (χ4n) is 8.43. The van der Waals surface area contributed by atoms with Gasteiger partial charge in [0.2, 0.25) is 5.91 Å². The second-order valence-corrected chi connectivity index (χ2v) is 21.3. The summed E-state index contributed by atoms with van der Waals surface area (Å²) in [4.78, 5) is 32.4. The molecule has 0 saturated heterocycles. The topological polar surface area (TPSA) is 139 Å². The molecule has 0 spiro atoms. The molecular formula is C38H59N7O4Si. The summed E-state index contributed by atoms with van der Waals surface area (Å²) in [5, 5.41) is 12.5. The number of carbonyl (C=O) groups is 2. The minimum atomic E-state index is -1.19. The molecule has 0 radical (unpaired) electrons. The number of aromatic nitrogens is 5. The maximum Gasteiger partial charge on any atom is 0.267 e. The third-order valence-corrected chi connectivity index (χ3v) is 12.7. The van der Waals surface area contributed by atoms with Crippen molar-refractivity contribution >= 4 is 25.7 Å². The third-order valence-electron chi connectivity index (χ3n) is 11.0. The maximum atomic E-state index is 14.8. The lowest BCUT2D eigenvalue weighted by molar-refractivity contribution is -0.120. The fraction of sp³-hybridized carbons (Fsp3) is 0.658. The van der Waals surface area contributed by atoms with E-state index in [9.17, 15) is 9.59 Å². The van der Waals surface area contributed by atoms with E-state index in [4.69, 9.17) is 25.3 Å². The van der Waals surface area contributed by atoms with Crippen molar-refractivity contribution in [1.82, 2.24) is 24.5 Å². The molecule has 50 heavy (non-hydrogen) atoms. The van der Waals surface area contributed by atoms with Gasteiger partial charge in [-0.2, -0.15) is 10.2 Å². The second kappa shape index (κ2) is 16.7. The van der Waals surface area contributed by atoms with Gasteiger partial charge in [0.15, 0.2) is 0 Å². The highest BCUT2D eigenvalue weighted by Crippen LogP contribution is 2.48. The van der Waals surface area contributed by atoms with Gasteiger partial charge in [-0.25, -0.2) is 9.67 Å². The first-order valence-electron chi connectivity index (χ1n) is 18.8. The molecule has 2 fully saturated rings. The summed E-state index contributed by atoms with van der Waals surface area (Å²) < 4.78 is 15.4. The van der Waals surface area contributed by atoms with Gasteiger partial charge in [-0.1, -0.05) is 83.8 Å². The Hall–Kier alpha value is -3.51. The normalized spacial score (nSPS) is 16.9. The summed E-state index contributed by atoms with van der Waals surface area (Å²) >= 11 is 0. The molecule has 1 atom stereocenters. The van der Waals surface area contributed by atoms with Crippen LogP contribution in [0.5, 0.6) is 5.75 Å². The van der Waals surface area contributed by atoms with Gasteiger partial charge in [0.1, 0.15) is 24.0 Å². The van der Waals surface area contributed by atoms with Crippen LogP contribution >= 0.6 is 0 Å². The Morgan fingerprint density at radius 1 is 1.00 bits per heavy atom. The van der Waals surface area contributed by atoms with Gasteiger partial charge in [0.25, 0.3) is 5.91 Å². The molecule has 274 valence electrons. The van der Waals surface area contributed by atoms with Crippen molar-refractivity contribution in [3.05, 3.63) is 41.1 Å². The molecule has 0 bridgehead atoms. The van der Waals surface area contributed by atoms with E-state index in [0.717, 1.165) is 54.2 Å². The number of carbonyl (C=O) groups excluding carboxylic acids is 2. The van der Waals surface area contributed by atoms with Gasteiger partial charge in [-0.05, 0) is 44.6 Å². The first-order valence-corrected chi connectivity index (χ1v) is 22.5. The van der Waals surface area contributed by atoms with Crippen molar-refractivity contribution in [2.45, 2.75) is 130 Å². The minimum absolute atomic E-state index is 0.0773. The summed E-state index contributed by atoms with van der Waals surface area (Å²) in [6.07, 6.45) is 14.9. The van der Waals surface area contributed by atoms with Crippen LogP contribution in [0.3, 0.4) is 0 Å². The molecule has 0 aromatic carbocycles. The van der Waals surface area contributed by atoms with Crippen LogP contribution < -0.4 is 15.8 Å². The van der Waals surface area contributed by atoms with Gasteiger partial charge in [-0.3, -0.25) is 14.3 Å². The highest BCUT2D eigenvalue weighted by Gasteiger charge is 2.43. The van der Waals surface area contributed by atoms with E-state index in [1.807, 2.05) is 25.5 Å². The Kier molecular flexibility index (Phi) is 12.6. The van der Waals surface area contributed by atoms with Crippen LogP contribution in [0.4, 0.5) is 5.82 Å². The summed E-state index contributed by atoms with van der Waals surface area (Å²) in [5.74, 6) is 0.522. The fourth-order valence-corrected chi connectivity index (χ4v) is 9.19. The number of nitrogens with two attached hydrogens (primary N) is 1. The quantitative estimate of drug-likeness (QED) is 0.122. The molecule has 3 aromatic rings. The molecule has 2 amide bonds. The summed E-state index contributed by atoms with van der Waals surface area (Å²) in [7, 11) is 0.436. The molecule has 3 N–H and O–H groups in total. The van der Waals surface area contributed by atoms with Gasteiger partial charge < -0.3 is 20.5 Å². The van der Waals surface area contributed by atoms with Crippen LogP contribution in [-0.4, -0.2) is 58.1 Å². The summed E-state index contributed by atoms with van der Waals surface area (Å²) in [6.45, 7) is 14.5. The Morgan fingerprint density at radius 2 is 1.64 bits per heavy atom. The summed E-state index contributed by atoms with van der Waals surface area (Å²) in [5.41, 5.74) is 10.5.